The van der Waals surface area contributed by atoms with Crippen LogP contribution in [0.25, 0.3) is 0 Å². The van der Waals surface area contributed by atoms with Gasteiger partial charge in [-0.05, 0) is 54.1 Å². The Kier molecular flexibility index (Phi) is 5.92. The lowest BCUT2D eigenvalue weighted by Gasteiger charge is -2.15. The molecule has 4 nitrogen and oxygen atoms in total. The molecular formula is C20H22N2O2S. The summed E-state index contributed by atoms with van der Waals surface area (Å²) in [5.74, 6) is 0.774. The molecule has 1 atom stereocenters. The summed E-state index contributed by atoms with van der Waals surface area (Å²) < 4.78 is 7.54. The van der Waals surface area contributed by atoms with E-state index in [1.807, 2.05) is 42.6 Å². The minimum absolute atomic E-state index is 0.114. The van der Waals surface area contributed by atoms with Crippen LogP contribution in [0.4, 0.5) is 5.69 Å². The lowest BCUT2D eigenvalue weighted by Crippen LogP contribution is -2.25. The molecule has 1 saturated carbocycles. The zero-order valence-electron chi connectivity index (χ0n) is 14.4. The average Bonchev–Trinajstić information content (AvgIpc) is 3.44. The van der Waals surface area contributed by atoms with Gasteiger partial charge < -0.3 is 9.30 Å². The van der Waals surface area contributed by atoms with Crippen LogP contribution in [0.2, 0.25) is 0 Å². The third kappa shape index (κ3) is 4.95. The molecule has 1 aromatic carbocycles. The number of ether oxygens (including phenoxy) is 1. The fourth-order valence-corrected chi connectivity index (χ4v) is 2.99. The molecule has 1 heterocycles. The van der Waals surface area contributed by atoms with Crippen molar-refractivity contribution >= 4 is 23.1 Å². The first-order chi connectivity index (χ1) is 12.2. The topological polar surface area (TPSA) is 43.6 Å². The molecule has 0 amide bonds. The van der Waals surface area contributed by atoms with Gasteiger partial charge in [-0.15, -0.1) is 0 Å². The maximum atomic E-state index is 12.5. The highest BCUT2D eigenvalue weighted by atomic mass is 32.1. The Labute approximate surface area is 153 Å². The van der Waals surface area contributed by atoms with E-state index in [1.165, 1.54) is 18.4 Å². The van der Waals surface area contributed by atoms with Gasteiger partial charge in [-0.2, -0.15) is 4.99 Å². The quantitative estimate of drug-likeness (QED) is 0.524. The minimum Gasteiger partial charge on any atom is -0.376 e. The van der Waals surface area contributed by atoms with Crippen LogP contribution in [0, 0.1) is 5.92 Å². The fraction of sp³-hybridized carbons (Fsp3) is 0.400. The average molecular weight is 354 g/mol. The van der Waals surface area contributed by atoms with Crippen LogP contribution in [-0.4, -0.2) is 16.3 Å². The molecule has 1 aliphatic rings. The van der Waals surface area contributed by atoms with Crippen LogP contribution in [0.15, 0.2) is 52.4 Å². The third-order valence-electron chi connectivity index (χ3n) is 4.33. The van der Waals surface area contributed by atoms with Crippen molar-refractivity contribution in [1.82, 2.24) is 4.57 Å². The first-order valence-electron chi connectivity index (χ1n) is 8.61. The SMILES string of the molecule is CC(COCc1ccccc1)Cn1cc(C2CC2)cc(N=C=S)c1=O. The molecule has 3 rings (SSSR count). The molecule has 0 saturated heterocycles. The molecule has 1 unspecified atom stereocenters. The second-order valence-electron chi connectivity index (χ2n) is 6.70. The Balaban J connectivity index is 1.64. The van der Waals surface area contributed by atoms with Gasteiger partial charge in [0.05, 0.1) is 18.4 Å². The Morgan fingerprint density at radius 1 is 1.36 bits per heavy atom. The maximum Gasteiger partial charge on any atom is 0.277 e. The van der Waals surface area contributed by atoms with E-state index in [9.17, 15) is 4.79 Å². The van der Waals surface area contributed by atoms with Crippen molar-refractivity contribution in [3.8, 4) is 0 Å². The number of hydrogen-bond acceptors (Lipinski definition) is 4. The minimum atomic E-state index is -0.114. The molecule has 0 bridgehead atoms. The van der Waals surface area contributed by atoms with Crippen LogP contribution in [0.1, 0.15) is 36.8 Å². The Bertz CT molecular complexity index is 821. The molecule has 0 N–H and O–H groups in total. The number of pyridine rings is 1. The highest BCUT2D eigenvalue weighted by Crippen LogP contribution is 2.40. The molecule has 1 fully saturated rings. The second-order valence-corrected chi connectivity index (χ2v) is 6.88. The van der Waals surface area contributed by atoms with E-state index < -0.39 is 0 Å². The largest absolute Gasteiger partial charge is 0.376 e. The normalized spacial score (nSPS) is 14.8. The van der Waals surface area contributed by atoms with E-state index in [4.69, 9.17) is 4.74 Å². The summed E-state index contributed by atoms with van der Waals surface area (Å²) >= 11 is 4.67. The van der Waals surface area contributed by atoms with E-state index in [0.29, 0.717) is 31.4 Å². The van der Waals surface area contributed by atoms with Gasteiger partial charge in [0.2, 0.25) is 0 Å². The van der Waals surface area contributed by atoms with Crippen molar-refractivity contribution in [3.63, 3.8) is 0 Å². The molecular weight excluding hydrogens is 332 g/mol. The number of aliphatic imine (C=N–C) groups is 1. The van der Waals surface area contributed by atoms with Gasteiger partial charge in [-0.25, -0.2) is 0 Å². The highest BCUT2D eigenvalue weighted by molar-refractivity contribution is 7.78. The van der Waals surface area contributed by atoms with E-state index in [0.717, 1.165) is 5.56 Å². The number of isothiocyanates is 1. The van der Waals surface area contributed by atoms with Crippen molar-refractivity contribution in [1.29, 1.82) is 0 Å². The van der Waals surface area contributed by atoms with Gasteiger partial charge >= 0.3 is 0 Å². The van der Waals surface area contributed by atoms with Gasteiger partial charge in [-0.3, -0.25) is 4.79 Å². The molecule has 2 aromatic rings. The molecule has 130 valence electrons. The van der Waals surface area contributed by atoms with E-state index in [1.54, 1.807) is 4.57 Å². The third-order valence-corrected chi connectivity index (χ3v) is 4.42. The number of aromatic nitrogens is 1. The number of rotatable bonds is 8. The molecule has 0 aliphatic heterocycles. The summed E-state index contributed by atoms with van der Waals surface area (Å²) in [6.07, 6.45) is 4.32. The monoisotopic (exact) mass is 354 g/mol. The summed E-state index contributed by atoms with van der Waals surface area (Å²) in [6.45, 7) is 3.88. The summed E-state index contributed by atoms with van der Waals surface area (Å²) in [5.41, 5.74) is 2.59. The van der Waals surface area contributed by atoms with Crippen LogP contribution in [0.5, 0.6) is 0 Å². The Morgan fingerprint density at radius 3 is 2.80 bits per heavy atom. The van der Waals surface area contributed by atoms with Crippen molar-refractivity contribution in [2.75, 3.05) is 6.61 Å². The first kappa shape index (κ1) is 17.7. The summed E-state index contributed by atoms with van der Waals surface area (Å²) in [7, 11) is 0. The second kappa shape index (κ2) is 8.34. The van der Waals surface area contributed by atoms with Gasteiger partial charge in [0, 0.05) is 12.7 Å². The van der Waals surface area contributed by atoms with Gasteiger partial charge in [0.15, 0.2) is 0 Å². The molecule has 1 aromatic heterocycles. The maximum absolute atomic E-state index is 12.5. The predicted octanol–water partition coefficient (Wildman–Crippen LogP) is 4.31. The van der Waals surface area contributed by atoms with Crippen molar-refractivity contribution in [2.24, 2.45) is 10.9 Å². The van der Waals surface area contributed by atoms with Gasteiger partial charge in [-0.1, -0.05) is 37.3 Å². The van der Waals surface area contributed by atoms with Crippen molar-refractivity contribution in [2.45, 2.75) is 38.8 Å². The Morgan fingerprint density at radius 2 is 2.12 bits per heavy atom. The molecule has 5 heteroatoms. The lowest BCUT2D eigenvalue weighted by molar-refractivity contribution is 0.0865. The molecule has 0 radical (unpaired) electrons. The smallest absolute Gasteiger partial charge is 0.277 e. The standard InChI is InChI=1S/C20H22N2O2S/c1-15(12-24-13-16-5-3-2-4-6-16)10-22-11-18(17-7-8-17)9-19(20(22)23)21-14-25/h2-6,9,11,15,17H,7-8,10,12-13H2,1H3. The van der Waals surface area contributed by atoms with Crippen LogP contribution < -0.4 is 5.56 Å². The summed E-state index contributed by atoms with van der Waals surface area (Å²) in [6, 6.07) is 11.9. The molecule has 25 heavy (non-hydrogen) atoms. The predicted molar refractivity (Wildman–Crippen MR) is 103 cm³/mol. The lowest BCUT2D eigenvalue weighted by atomic mass is 10.1. The first-order valence-corrected chi connectivity index (χ1v) is 9.02. The van der Waals surface area contributed by atoms with Crippen LogP contribution in [0.3, 0.4) is 0 Å². The van der Waals surface area contributed by atoms with Crippen molar-refractivity contribution in [3.05, 3.63) is 64.1 Å². The van der Waals surface area contributed by atoms with E-state index in [2.05, 4.69) is 29.3 Å². The van der Waals surface area contributed by atoms with Crippen molar-refractivity contribution < 1.29 is 4.74 Å². The summed E-state index contributed by atoms with van der Waals surface area (Å²) in [4.78, 5) is 16.5. The fourth-order valence-electron chi connectivity index (χ4n) is 2.89. The number of benzene rings is 1. The van der Waals surface area contributed by atoms with Crippen LogP contribution in [-0.2, 0) is 17.9 Å². The van der Waals surface area contributed by atoms with Crippen LogP contribution >= 0.6 is 12.2 Å². The highest BCUT2D eigenvalue weighted by Gasteiger charge is 2.25. The van der Waals surface area contributed by atoms with E-state index >= 15 is 0 Å². The molecule has 1 aliphatic carbocycles. The molecule has 0 spiro atoms. The number of nitrogens with zero attached hydrogens (tertiary/aromatic N) is 2. The number of thiocarbonyl (C=S) groups is 1. The Hall–Kier alpha value is -2.07. The summed E-state index contributed by atoms with van der Waals surface area (Å²) in [5, 5.41) is 2.31. The van der Waals surface area contributed by atoms with E-state index in [-0.39, 0.29) is 11.5 Å². The zero-order chi connectivity index (χ0) is 17.6. The number of hydrogen-bond donors (Lipinski definition) is 0. The van der Waals surface area contributed by atoms with Gasteiger partial charge in [0.1, 0.15) is 5.69 Å². The zero-order valence-corrected chi connectivity index (χ0v) is 15.2. The van der Waals surface area contributed by atoms with Gasteiger partial charge in [0.25, 0.3) is 5.56 Å².